The van der Waals surface area contributed by atoms with E-state index in [1.54, 1.807) is 11.3 Å². The second-order valence-electron chi connectivity index (χ2n) is 7.14. The van der Waals surface area contributed by atoms with Crippen molar-refractivity contribution in [2.75, 3.05) is 45.8 Å². The number of hydrogen-bond donors (Lipinski definition) is 1. The van der Waals surface area contributed by atoms with E-state index in [0.717, 1.165) is 42.9 Å². The molecule has 0 spiro atoms. The van der Waals surface area contributed by atoms with Gasteiger partial charge in [0.2, 0.25) is 11.7 Å². The maximum atomic E-state index is 5.54. The number of halogens is 1. The van der Waals surface area contributed by atoms with Gasteiger partial charge in [-0.3, -0.25) is 4.90 Å². The maximum Gasteiger partial charge on any atom is 0.244 e. The fraction of sp³-hybridized carbons (Fsp3) is 0.667. The van der Waals surface area contributed by atoms with Crippen molar-refractivity contribution in [2.45, 2.75) is 25.8 Å². The van der Waals surface area contributed by atoms with Gasteiger partial charge in [0, 0.05) is 32.7 Å². The second kappa shape index (κ2) is 9.28. The van der Waals surface area contributed by atoms with Crippen molar-refractivity contribution >= 4 is 23.7 Å². The van der Waals surface area contributed by atoms with Crippen LogP contribution in [0.25, 0.3) is 10.7 Å². The van der Waals surface area contributed by atoms with Crippen molar-refractivity contribution in [1.82, 2.24) is 25.3 Å². The third kappa shape index (κ3) is 4.64. The molecule has 2 aliphatic rings. The molecule has 2 aliphatic heterocycles. The summed E-state index contributed by atoms with van der Waals surface area (Å²) in [7, 11) is 0. The molecular formula is C18H28ClN5OS. The van der Waals surface area contributed by atoms with Crippen molar-refractivity contribution in [3.8, 4) is 10.7 Å². The van der Waals surface area contributed by atoms with E-state index in [1.807, 2.05) is 17.5 Å². The molecule has 8 heteroatoms. The highest BCUT2D eigenvalue weighted by Gasteiger charge is 2.27. The summed E-state index contributed by atoms with van der Waals surface area (Å²) in [6, 6.07) is 4.23. The zero-order chi connectivity index (χ0) is 17.1. The lowest BCUT2D eigenvalue weighted by atomic mass is 9.97. The lowest BCUT2D eigenvalue weighted by Crippen LogP contribution is -2.49. The third-order valence-electron chi connectivity index (χ3n) is 5.47. The average molecular weight is 398 g/mol. The Kier molecular flexibility index (Phi) is 7.05. The number of piperazine rings is 1. The van der Waals surface area contributed by atoms with E-state index in [-0.39, 0.29) is 18.4 Å². The molecule has 26 heavy (non-hydrogen) atoms. The lowest BCUT2D eigenvalue weighted by molar-refractivity contribution is 0.0757. The molecule has 0 bridgehead atoms. The van der Waals surface area contributed by atoms with Crippen molar-refractivity contribution in [1.29, 1.82) is 0 Å². The number of aromatic nitrogens is 2. The van der Waals surface area contributed by atoms with Crippen molar-refractivity contribution < 1.29 is 4.52 Å². The second-order valence-corrected chi connectivity index (χ2v) is 8.09. The van der Waals surface area contributed by atoms with Crippen molar-refractivity contribution in [2.24, 2.45) is 5.92 Å². The molecule has 2 fully saturated rings. The quantitative estimate of drug-likeness (QED) is 0.837. The Morgan fingerprint density at radius 2 is 2.04 bits per heavy atom. The molecule has 0 aromatic carbocycles. The fourth-order valence-electron chi connectivity index (χ4n) is 3.83. The number of thiophene rings is 1. The van der Waals surface area contributed by atoms with Crippen molar-refractivity contribution in [3.63, 3.8) is 0 Å². The number of piperidine rings is 1. The van der Waals surface area contributed by atoms with E-state index >= 15 is 0 Å². The van der Waals surface area contributed by atoms with E-state index < -0.39 is 0 Å². The topological polar surface area (TPSA) is 57.4 Å². The largest absolute Gasteiger partial charge is 0.337 e. The van der Waals surface area contributed by atoms with Crippen LogP contribution in [0.5, 0.6) is 0 Å². The first kappa shape index (κ1) is 19.8. The Labute approximate surface area is 165 Å². The summed E-state index contributed by atoms with van der Waals surface area (Å²) in [6.45, 7) is 10.2. The molecule has 2 aromatic rings. The van der Waals surface area contributed by atoms with Gasteiger partial charge in [-0.2, -0.15) is 4.98 Å². The van der Waals surface area contributed by atoms with Gasteiger partial charge in [0.05, 0.1) is 10.9 Å². The normalized spacial score (nSPS) is 21.4. The van der Waals surface area contributed by atoms with Gasteiger partial charge < -0.3 is 14.7 Å². The Morgan fingerprint density at radius 3 is 2.73 bits per heavy atom. The zero-order valence-corrected chi connectivity index (χ0v) is 16.9. The van der Waals surface area contributed by atoms with E-state index in [0.29, 0.717) is 5.82 Å². The maximum absolute atomic E-state index is 5.54. The van der Waals surface area contributed by atoms with E-state index in [4.69, 9.17) is 4.52 Å². The van der Waals surface area contributed by atoms with Gasteiger partial charge in [-0.05, 0) is 50.2 Å². The Hall–Kier alpha value is -0.990. The highest BCUT2D eigenvalue weighted by Crippen LogP contribution is 2.26. The standard InChI is InChI=1S/C18H27N5OS.ClH/c1-14(18-20-17(21-24-18)16-3-2-12-25-16)23-10-8-22(9-11-23)13-15-4-6-19-7-5-15;/h2-3,12,14-15,19H,4-11,13H2,1H3;1H. The summed E-state index contributed by atoms with van der Waals surface area (Å²) >= 11 is 1.64. The molecule has 2 saturated heterocycles. The van der Waals surface area contributed by atoms with Gasteiger partial charge in [-0.15, -0.1) is 23.7 Å². The molecule has 4 rings (SSSR count). The van der Waals surface area contributed by atoms with Crippen LogP contribution in [-0.4, -0.2) is 65.8 Å². The van der Waals surface area contributed by atoms with E-state index in [1.165, 1.54) is 32.5 Å². The summed E-state index contributed by atoms with van der Waals surface area (Å²) in [6.07, 6.45) is 2.65. The highest BCUT2D eigenvalue weighted by atomic mass is 35.5. The molecule has 0 aliphatic carbocycles. The van der Waals surface area contributed by atoms with Gasteiger partial charge >= 0.3 is 0 Å². The molecule has 1 atom stereocenters. The van der Waals surface area contributed by atoms with Crippen LogP contribution < -0.4 is 5.32 Å². The van der Waals surface area contributed by atoms with Crippen LogP contribution in [0.2, 0.25) is 0 Å². The summed E-state index contributed by atoms with van der Waals surface area (Å²) in [5.41, 5.74) is 0. The monoisotopic (exact) mass is 397 g/mol. The molecule has 1 N–H and O–H groups in total. The van der Waals surface area contributed by atoms with Crippen LogP contribution in [0, 0.1) is 5.92 Å². The number of rotatable bonds is 5. The predicted molar refractivity (Wildman–Crippen MR) is 107 cm³/mol. The first-order valence-electron chi connectivity index (χ1n) is 9.34. The third-order valence-corrected chi connectivity index (χ3v) is 6.34. The molecule has 0 amide bonds. The zero-order valence-electron chi connectivity index (χ0n) is 15.3. The Bertz CT molecular complexity index is 650. The van der Waals surface area contributed by atoms with Crippen LogP contribution in [0.3, 0.4) is 0 Å². The molecular weight excluding hydrogens is 370 g/mol. The molecule has 0 radical (unpaired) electrons. The number of nitrogens with zero attached hydrogens (tertiary/aromatic N) is 4. The summed E-state index contributed by atoms with van der Waals surface area (Å²) in [4.78, 5) is 10.8. The predicted octanol–water partition coefficient (Wildman–Crippen LogP) is 2.90. The molecule has 144 valence electrons. The molecule has 1 unspecified atom stereocenters. The summed E-state index contributed by atoms with van der Waals surface area (Å²) < 4.78 is 5.54. The Morgan fingerprint density at radius 1 is 1.27 bits per heavy atom. The van der Waals surface area contributed by atoms with Crippen molar-refractivity contribution in [3.05, 3.63) is 23.4 Å². The number of hydrogen-bond acceptors (Lipinski definition) is 7. The lowest BCUT2D eigenvalue weighted by Gasteiger charge is -2.38. The van der Waals surface area contributed by atoms with Crippen LogP contribution in [-0.2, 0) is 0 Å². The minimum atomic E-state index is 0. The average Bonchev–Trinajstić information content (AvgIpc) is 3.34. The molecule has 6 nitrogen and oxygen atoms in total. The van der Waals surface area contributed by atoms with Gasteiger partial charge in [-0.25, -0.2) is 0 Å². The first-order chi connectivity index (χ1) is 12.3. The van der Waals surface area contributed by atoms with E-state index in [2.05, 4.69) is 32.2 Å². The molecule has 4 heterocycles. The van der Waals surface area contributed by atoms with Crippen LogP contribution in [0.4, 0.5) is 0 Å². The van der Waals surface area contributed by atoms with Gasteiger partial charge in [0.1, 0.15) is 0 Å². The van der Waals surface area contributed by atoms with Gasteiger partial charge in [-0.1, -0.05) is 11.2 Å². The Balaban J connectivity index is 0.00000196. The smallest absolute Gasteiger partial charge is 0.244 e. The SMILES string of the molecule is CC(c1nc(-c2cccs2)no1)N1CCN(CC2CCNCC2)CC1.Cl. The summed E-state index contributed by atoms with van der Waals surface area (Å²) in [5, 5.41) is 9.64. The first-order valence-corrected chi connectivity index (χ1v) is 10.2. The molecule has 2 aromatic heterocycles. The molecule has 0 saturated carbocycles. The number of nitrogens with one attached hydrogen (secondary N) is 1. The van der Waals surface area contributed by atoms with Crippen LogP contribution in [0.1, 0.15) is 31.7 Å². The minimum absolute atomic E-state index is 0. The van der Waals surface area contributed by atoms with E-state index in [9.17, 15) is 0 Å². The summed E-state index contributed by atoms with van der Waals surface area (Å²) in [5.74, 6) is 2.31. The van der Waals surface area contributed by atoms with Gasteiger partial charge in [0.15, 0.2) is 0 Å². The van der Waals surface area contributed by atoms with Crippen LogP contribution in [0.15, 0.2) is 22.0 Å². The highest BCUT2D eigenvalue weighted by molar-refractivity contribution is 7.13. The minimum Gasteiger partial charge on any atom is -0.337 e. The fourth-order valence-corrected chi connectivity index (χ4v) is 4.48. The van der Waals surface area contributed by atoms with Gasteiger partial charge in [0.25, 0.3) is 0 Å². The van der Waals surface area contributed by atoms with Crippen LogP contribution >= 0.6 is 23.7 Å².